The molecule has 9 heteroatoms. The minimum atomic E-state index is -4.61. The van der Waals surface area contributed by atoms with E-state index in [4.69, 9.17) is 0 Å². The highest BCUT2D eigenvalue weighted by Crippen LogP contribution is 2.32. The Balaban J connectivity index is 1.62. The average Bonchev–Trinajstić information content (AvgIpc) is 3.26. The fraction of sp³-hybridized carbons (Fsp3) is 0.765. The number of nitrogens with zero attached hydrogens (tertiary/aromatic N) is 2. The number of aromatic amines is 1. The van der Waals surface area contributed by atoms with Crippen LogP contribution in [0.1, 0.15) is 50.1 Å². The number of aliphatic hydroxyl groups excluding tert-OH is 1. The molecule has 3 N–H and O–H groups in total. The molecule has 2 fully saturated rings. The van der Waals surface area contributed by atoms with Crippen LogP contribution in [0.25, 0.3) is 0 Å². The molecule has 0 aromatic carbocycles. The van der Waals surface area contributed by atoms with E-state index in [-0.39, 0.29) is 17.7 Å². The Hall–Kier alpha value is -1.61. The normalized spacial score (nSPS) is 23.9. The van der Waals surface area contributed by atoms with Crippen LogP contribution in [0.2, 0.25) is 0 Å². The first-order chi connectivity index (χ1) is 12.3. The third-order valence-electron chi connectivity index (χ3n) is 5.38. The van der Waals surface area contributed by atoms with Crippen molar-refractivity contribution in [3.63, 3.8) is 0 Å². The van der Waals surface area contributed by atoms with Crippen molar-refractivity contribution in [3.8, 4) is 0 Å². The number of piperidine rings is 1. The van der Waals surface area contributed by atoms with E-state index in [1.54, 1.807) is 11.1 Å². The number of rotatable bonds is 5. The van der Waals surface area contributed by atoms with Crippen molar-refractivity contribution in [2.75, 3.05) is 25.0 Å². The topological polar surface area (TPSA) is 81.2 Å². The number of alkyl halides is 3. The molecule has 2 unspecified atom stereocenters. The molecule has 6 nitrogen and oxygen atoms in total. The highest BCUT2D eigenvalue weighted by Gasteiger charge is 2.40. The van der Waals surface area contributed by atoms with E-state index in [1.807, 2.05) is 0 Å². The molecule has 0 radical (unpaired) electrons. The maximum atomic E-state index is 12.6. The number of aromatic nitrogens is 2. The Labute approximate surface area is 150 Å². The molecule has 0 bridgehead atoms. The van der Waals surface area contributed by atoms with Crippen molar-refractivity contribution in [1.29, 1.82) is 0 Å². The lowest BCUT2D eigenvalue weighted by molar-refractivity contribution is -0.208. The highest BCUT2D eigenvalue weighted by atomic mass is 19.4. The van der Waals surface area contributed by atoms with Crippen LogP contribution in [-0.4, -0.2) is 58.0 Å². The molecule has 3 rings (SSSR count). The molecule has 0 spiro atoms. The summed E-state index contributed by atoms with van der Waals surface area (Å²) >= 11 is 0. The molecule has 1 aliphatic heterocycles. The molecule has 1 saturated carbocycles. The monoisotopic (exact) mass is 374 g/mol. The molecule has 146 valence electrons. The number of H-pyrrole nitrogens is 1. The second kappa shape index (κ2) is 7.96. The molecule has 2 aliphatic rings. The quantitative estimate of drug-likeness (QED) is 0.740. The zero-order chi connectivity index (χ0) is 18.7. The van der Waals surface area contributed by atoms with Crippen LogP contribution in [0.3, 0.4) is 0 Å². The second-order valence-corrected chi connectivity index (χ2v) is 7.32. The van der Waals surface area contributed by atoms with Gasteiger partial charge in [-0.15, -0.1) is 0 Å². The van der Waals surface area contributed by atoms with Crippen LogP contribution < -0.4 is 5.32 Å². The number of carbonyl (C=O) groups excluding carboxylic acids is 1. The molecule has 1 amide bonds. The van der Waals surface area contributed by atoms with Crippen LogP contribution >= 0.6 is 0 Å². The Kier molecular flexibility index (Phi) is 5.86. The number of anilines is 1. The lowest BCUT2D eigenvalue weighted by Crippen LogP contribution is -2.44. The highest BCUT2D eigenvalue weighted by molar-refractivity contribution is 5.93. The minimum absolute atomic E-state index is 0.00897. The van der Waals surface area contributed by atoms with Gasteiger partial charge in [-0.05, 0) is 32.2 Å². The van der Waals surface area contributed by atoms with Crippen LogP contribution in [0, 0.1) is 5.92 Å². The number of nitrogens with one attached hydrogen (secondary N) is 2. The van der Waals surface area contributed by atoms with Gasteiger partial charge in [0.1, 0.15) is 0 Å². The number of hydrogen-bond donors (Lipinski definition) is 3. The number of amides is 1. The smallest absolute Gasteiger partial charge is 0.382 e. The van der Waals surface area contributed by atoms with E-state index < -0.39 is 18.8 Å². The van der Waals surface area contributed by atoms with Gasteiger partial charge in [0.05, 0.1) is 17.6 Å². The fourth-order valence-electron chi connectivity index (χ4n) is 3.93. The summed E-state index contributed by atoms with van der Waals surface area (Å²) in [5.74, 6) is -0.0293. The van der Waals surface area contributed by atoms with E-state index in [0.717, 1.165) is 44.2 Å². The van der Waals surface area contributed by atoms with Crippen molar-refractivity contribution < 1.29 is 23.1 Å². The SMILES string of the molecule is O=C(Nc1cn[nH]c1C1CCCN(CC(O)C(F)(F)F)C1)C1CCCC1. The lowest BCUT2D eigenvalue weighted by Gasteiger charge is -2.34. The zero-order valence-electron chi connectivity index (χ0n) is 14.6. The van der Waals surface area contributed by atoms with E-state index in [1.165, 1.54) is 0 Å². The standard InChI is InChI=1S/C17H25F3N4O2/c18-17(19,20)14(25)10-24-7-3-6-12(9-24)15-13(8-21-23-15)22-16(26)11-4-1-2-5-11/h8,11-12,14,25H,1-7,9-10H2,(H,21,23)(H,22,26). The predicted molar refractivity (Wildman–Crippen MR) is 89.7 cm³/mol. The van der Waals surface area contributed by atoms with Crippen LogP contribution in [0.4, 0.5) is 18.9 Å². The van der Waals surface area contributed by atoms with E-state index >= 15 is 0 Å². The Morgan fingerprint density at radius 1 is 1.35 bits per heavy atom. The molecule has 1 saturated heterocycles. The van der Waals surface area contributed by atoms with Crippen molar-refractivity contribution in [2.45, 2.75) is 56.7 Å². The molecular weight excluding hydrogens is 349 g/mol. The van der Waals surface area contributed by atoms with Crippen LogP contribution in [-0.2, 0) is 4.79 Å². The minimum Gasteiger partial charge on any atom is -0.382 e. The summed E-state index contributed by atoms with van der Waals surface area (Å²) in [7, 11) is 0. The zero-order valence-corrected chi connectivity index (χ0v) is 14.6. The van der Waals surface area contributed by atoms with Crippen molar-refractivity contribution >= 4 is 11.6 Å². The number of likely N-dealkylation sites (tertiary alicyclic amines) is 1. The molecule has 1 aromatic rings. The average molecular weight is 374 g/mol. The lowest BCUT2D eigenvalue weighted by atomic mass is 9.93. The first-order valence-corrected chi connectivity index (χ1v) is 9.16. The number of hydrogen-bond acceptors (Lipinski definition) is 4. The summed E-state index contributed by atoms with van der Waals surface area (Å²) in [5.41, 5.74) is 1.37. The van der Waals surface area contributed by atoms with Gasteiger partial charge >= 0.3 is 6.18 Å². The van der Waals surface area contributed by atoms with E-state index in [9.17, 15) is 23.1 Å². The summed E-state index contributed by atoms with van der Waals surface area (Å²) in [6.07, 6.45) is 0.0523. The van der Waals surface area contributed by atoms with Gasteiger partial charge in [-0.1, -0.05) is 12.8 Å². The third kappa shape index (κ3) is 4.56. The number of β-amino-alcohol motifs (C(OH)–C–C–N with tert-alkyl or cyclic N) is 1. The molecule has 1 aliphatic carbocycles. The molecule has 2 heterocycles. The van der Waals surface area contributed by atoms with Crippen molar-refractivity contribution in [3.05, 3.63) is 11.9 Å². The summed E-state index contributed by atoms with van der Waals surface area (Å²) in [5, 5.41) is 19.1. The van der Waals surface area contributed by atoms with Gasteiger partial charge in [0, 0.05) is 24.9 Å². The maximum Gasteiger partial charge on any atom is 0.415 e. The van der Waals surface area contributed by atoms with Gasteiger partial charge in [0.2, 0.25) is 5.91 Å². The molecule has 1 aromatic heterocycles. The first kappa shape index (κ1) is 19.2. The fourth-order valence-corrected chi connectivity index (χ4v) is 3.93. The van der Waals surface area contributed by atoms with Crippen molar-refractivity contribution in [1.82, 2.24) is 15.1 Å². The Morgan fingerprint density at radius 2 is 2.08 bits per heavy atom. The van der Waals surface area contributed by atoms with E-state index in [2.05, 4.69) is 15.5 Å². The summed E-state index contributed by atoms with van der Waals surface area (Å²) in [4.78, 5) is 14.0. The number of halogens is 3. The van der Waals surface area contributed by atoms with Gasteiger partial charge in [-0.2, -0.15) is 18.3 Å². The van der Waals surface area contributed by atoms with Gasteiger partial charge in [-0.3, -0.25) is 14.8 Å². The van der Waals surface area contributed by atoms with Gasteiger partial charge in [0.15, 0.2) is 6.10 Å². The van der Waals surface area contributed by atoms with Crippen LogP contribution in [0.5, 0.6) is 0 Å². The van der Waals surface area contributed by atoms with Gasteiger partial charge < -0.3 is 10.4 Å². The Morgan fingerprint density at radius 3 is 2.77 bits per heavy atom. The molecule has 26 heavy (non-hydrogen) atoms. The largest absolute Gasteiger partial charge is 0.415 e. The number of aliphatic hydroxyl groups is 1. The molecule has 2 atom stereocenters. The maximum absolute atomic E-state index is 12.6. The van der Waals surface area contributed by atoms with E-state index in [0.29, 0.717) is 18.8 Å². The van der Waals surface area contributed by atoms with Crippen molar-refractivity contribution in [2.24, 2.45) is 5.92 Å². The third-order valence-corrected chi connectivity index (χ3v) is 5.38. The van der Waals surface area contributed by atoms with Gasteiger partial charge in [0.25, 0.3) is 0 Å². The summed E-state index contributed by atoms with van der Waals surface area (Å²) in [6.45, 7) is 0.473. The number of carbonyl (C=O) groups is 1. The summed E-state index contributed by atoms with van der Waals surface area (Å²) < 4.78 is 37.8. The predicted octanol–water partition coefficient (Wildman–Crippen LogP) is 2.64. The molecular formula is C17H25F3N4O2. The Bertz CT molecular complexity index is 613. The van der Waals surface area contributed by atoms with Crippen LogP contribution in [0.15, 0.2) is 6.20 Å². The first-order valence-electron chi connectivity index (χ1n) is 9.16. The summed E-state index contributed by atoms with van der Waals surface area (Å²) in [6, 6.07) is 0. The second-order valence-electron chi connectivity index (χ2n) is 7.32. The van der Waals surface area contributed by atoms with Gasteiger partial charge in [-0.25, -0.2) is 0 Å².